The number of nitrogens with zero attached hydrogens (tertiary/aromatic N) is 1. The summed E-state index contributed by atoms with van der Waals surface area (Å²) >= 11 is 0. The molecule has 0 radical (unpaired) electrons. The fraction of sp³-hybridized carbons (Fsp3) is 0. The van der Waals surface area contributed by atoms with E-state index in [2.05, 4.69) is 3.41 Å². The second kappa shape index (κ2) is 2.51. The Kier molecular flexibility index (Phi) is 2.28. The van der Waals surface area contributed by atoms with Crippen LogP contribution in [0, 0.1) is 0 Å². The maximum absolute atomic E-state index is 9.25. The van der Waals surface area contributed by atoms with Gasteiger partial charge in [0.25, 0.3) is 0 Å². The van der Waals surface area contributed by atoms with Crippen LogP contribution in [0.3, 0.4) is 0 Å². The zero-order valence-corrected chi connectivity index (χ0v) is 4.53. The number of hydrogen-bond donors (Lipinski definition) is 0. The van der Waals surface area contributed by atoms with E-state index in [9.17, 15) is 16.8 Å². The molecule has 0 N–H and O–H groups in total. The summed E-state index contributed by atoms with van der Waals surface area (Å²) in [6, 6.07) is 0. The van der Waals surface area contributed by atoms with Gasteiger partial charge in [0.1, 0.15) is 0 Å². The van der Waals surface area contributed by atoms with E-state index in [1.807, 2.05) is 0 Å². The molecule has 0 fully saturated rings. The first-order chi connectivity index (χ1) is 3.13. The molecule has 7 heteroatoms. The lowest BCUT2D eigenvalue weighted by Gasteiger charge is -1.12. The summed E-state index contributed by atoms with van der Waals surface area (Å²) in [5.74, 6) is 0. The quantitative estimate of drug-likeness (QED) is 0.373. The van der Waals surface area contributed by atoms with Crippen LogP contribution in [0.4, 0.5) is 0 Å². The van der Waals surface area contributed by atoms with Crippen LogP contribution in [0.5, 0.6) is 0 Å². The first kappa shape index (κ1) is 6.35. The van der Waals surface area contributed by atoms with E-state index in [1.54, 1.807) is 0 Å². The maximum atomic E-state index is 9.25. The summed E-state index contributed by atoms with van der Waals surface area (Å²) < 4.78 is 39.1. The molecule has 0 unspecified atom stereocenters. The van der Waals surface area contributed by atoms with Crippen LogP contribution in [0.15, 0.2) is 0 Å². The fourth-order valence-electron chi connectivity index (χ4n) is 0.0497. The zero-order chi connectivity index (χ0) is 5.86. The Hall–Kier alpha value is -0.650. The predicted molar refractivity (Wildman–Crippen MR) is 20.0 cm³/mol. The molecular weight excluding hydrogens is 142 g/mol. The van der Waals surface area contributed by atoms with E-state index < -0.39 is 21.0 Å². The Labute approximate surface area is 42.0 Å². The Morgan fingerprint density at radius 3 is 1.14 bits per heavy atom. The minimum Gasteiger partial charge on any atom is -0.107 e. The average Bonchev–Trinajstić information content (AvgIpc) is 1.27. The van der Waals surface area contributed by atoms with E-state index in [4.69, 9.17) is 0 Å². The lowest BCUT2D eigenvalue weighted by atomic mass is 14.0. The molecule has 0 heterocycles. The van der Waals surface area contributed by atoms with Crippen molar-refractivity contribution >= 4 is 21.0 Å². The second-order valence-corrected chi connectivity index (χ2v) is 1.97. The molecule has 0 atom stereocenters. The van der Waals surface area contributed by atoms with Gasteiger partial charge in [-0.2, -0.15) is 0 Å². The molecule has 7 heavy (non-hydrogen) atoms. The summed E-state index contributed by atoms with van der Waals surface area (Å²) in [5.41, 5.74) is 0. The van der Waals surface area contributed by atoms with Crippen LogP contribution in [0.2, 0.25) is 0 Å². The third kappa shape index (κ3) is 5.35. The van der Waals surface area contributed by atoms with E-state index in [1.165, 1.54) is 0 Å². The van der Waals surface area contributed by atoms with Crippen molar-refractivity contribution in [3.8, 4) is 0 Å². The highest BCUT2D eigenvalue weighted by molar-refractivity contribution is 7.69. The van der Waals surface area contributed by atoms with Gasteiger partial charge in [0.2, 0.25) is 3.41 Å². The molecule has 5 nitrogen and oxygen atoms in total. The third-order valence-corrected chi connectivity index (χ3v) is 1.10. The molecule has 0 aromatic rings. The van der Waals surface area contributed by atoms with Crippen LogP contribution in [0.25, 0.3) is 0 Å². The molecule has 0 saturated carbocycles. The van der Waals surface area contributed by atoms with E-state index >= 15 is 0 Å². The average molecular weight is 142 g/mol. The van der Waals surface area contributed by atoms with Gasteiger partial charge in [-0.1, -0.05) is 0 Å². The van der Waals surface area contributed by atoms with Crippen LogP contribution in [-0.4, -0.2) is 16.8 Å². The minimum absolute atomic E-state index is 2.11. The SMILES string of the molecule is O=S(=O)=[N+]=S(=O)=O. The largest absolute Gasteiger partial charge is 0.610 e. The van der Waals surface area contributed by atoms with Crippen molar-refractivity contribution in [3.05, 3.63) is 0 Å². The molecule has 0 aliphatic heterocycles. The zero-order valence-electron chi connectivity index (χ0n) is 2.90. The van der Waals surface area contributed by atoms with Gasteiger partial charge in [0, 0.05) is 0 Å². The first-order valence-corrected chi connectivity index (χ1v) is 3.10. The van der Waals surface area contributed by atoms with Crippen LogP contribution in [-0.2, 0) is 21.0 Å². The predicted octanol–water partition coefficient (Wildman–Crippen LogP) is -1.82. The highest BCUT2D eigenvalue weighted by Crippen LogP contribution is 1.23. The molecule has 0 bridgehead atoms. The van der Waals surface area contributed by atoms with Crippen LogP contribution in [0.1, 0.15) is 0 Å². The summed E-state index contributed by atoms with van der Waals surface area (Å²) in [7, 11) is -5.67. The molecule has 40 valence electrons. The highest BCUT2D eigenvalue weighted by Gasteiger charge is 1.78. The van der Waals surface area contributed by atoms with Crippen LogP contribution >= 0.6 is 0 Å². The lowest BCUT2D eigenvalue weighted by Crippen LogP contribution is -1.63. The van der Waals surface area contributed by atoms with Crippen molar-refractivity contribution in [3.63, 3.8) is 0 Å². The van der Waals surface area contributed by atoms with Crippen molar-refractivity contribution in [2.45, 2.75) is 0 Å². The summed E-state index contributed by atoms with van der Waals surface area (Å²) in [6.45, 7) is 0. The van der Waals surface area contributed by atoms with Gasteiger partial charge in [0.15, 0.2) is 0 Å². The Morgan fingerprint density at radius 1 is 0.857 bits per heavy atom. The Balaban J connectivity index is 5.91. The molecule has 0 rings (SSSR count). The topological polar surface area (TPSA) is 82.4 Å². The molecule has 0 aromatic heterocycles. The Bertz CT molecular complexity index is 250. The monoisotopic (exact) mass is 142 g/mol. The van der Waals surface area contributed by atoms with E-state index in [0.29, 0.717) is 0 Å². The number of hydrogen-bond acceptors (Lipinski definition) is 4. The molecule has 0 spiro atoms. The summed E-state index contributed by atoms with van der Waals surface area (Å²) in [5, 5.41) is 0. The van der Waals surface area contributed by atoms with Crippen molar-refractivity contribution < 1.29 is 16.8 Å². The normalized spacial score (nSPS) is 6.86. The lowest BCUT2D eigenvalue weighted by molar-refractivity contribution is 0.616. The number of rotatable bonds is 0. The van der Waals surface area contributed by atoms with E-state index in [-0.39, 0.29) is 0 Å². The maximum Gasteiger partial charge on any atom is 0.610 e. The first-order valence-electron chi connectivity index (χ1n) is 1.03. The van der Waals surface area contributed by atoms with Gasteiger partial charge in [-0.3, -0.25) is 0 Å². The Morgan fingerprint density at radius 2 is 1.14 bits per heavy atom. The van der Waals surface area contributed by atoms with Crippen molar-refractivity contribution in [1.82, 2.24) is 3.41 Å². The fourth-order valence-corrected chi connectivity index (χ4v) is 0.447. The van der Waals surface area contributed by atoms with Gasteiger partial charge < -0.3 is 0 Å². The minimum atomic E-state index is -2.83. The second-order valence-electron chi connectivity index (χ2n) is 0.509. The van der Waals surface area contributed by atoms with Crippen LogP contribution < -0.4 is 3.41 Å². The van der Waals surface area contributed by atoms with Gasteiger partial charge in [-0.15, -0.1) is 16.8 Å². The molecular formula is NO4S2+. The molecule has 0 aliphatic rings. The molecule has 0 saturated heterocycles. The molecule has 0 aromatic carbocycles. The molecule has 0 aliphatic carbocycles. The van der Waals surface area contributed by atoms with Crippen molar-refractivity contribution in [2.24, 2.45) is 0 Å². The summed E-state index contributed by atoms with van der Waals surface area (Å²) in [4.78, 5) is 0. The van der Waals surface area contributed by atoms with Gasteiger partial charge in [0.05, 0.1) is 0 Å². The van der Waals surface area contributed by atoms with E-state index in [0.717, 1.165) is 0 Å². The van der Waals surface area contributed by atoms with Gasteiger partial charge in [-0.05, 0) is 0 Å². The summed E-state index contributed by atoms with van der Waals surface area (Å²) in [6.07, 6.45) is 0. The highest BCUT2D eigenvalue weighted by atomic mass is 32.2. The smallest absolute Gasteiger partial charge is 0.107 e. The van der Waals surface area contributed by atoms with Gasteiger partial charge >= 0.3 is 21.0 Å². The third-order valence-electron chi connectivity index (χ3n) is 0.122. The molecule has 0 amide bonds. The van der Waals surface area contributed by atoms with Crippen molar-refractivity contribution in [2.75, 3.05) is 0 Å². The standard InChI is InChI=1S/NO4S2/c2-6(3)1-7(4)5/q+1. The van der Waals surface area contributed by atoms with Gasteiger partial charge in [-0.25, -0.2) is 0 Å². The van der Waals surface area contributed by atoms with Crippen molar-refractivity contribution in [1.29, 1.82) is 0 Å².